The lowest BCUT2D eigenvalue weighted by atomic mass is 9.88. The molecular formula is C17H24N2O2. The number of rotatable bonds is 6. The number of amides is 1. The number of β-amino-alcohol motifs (C(OH)–C–C–N with tert-alkyl or cyclic N) is 1. The molecule has 0 atom stereocenters. The van der Waals surface area contributed by atoms with Crippen molar-refractivity contribution in [2.75, 3.05) is 25.0 Å². The van der Waals surface area contributed by atoms with Gasteiger partial charge in [0.2, 0.25) is 5.91 Å². The second kappa shape index (κ2) is 5.78. The number of anilines is 1. The number of hydrogen-bond acceptors (Lipinski definition) is 3. The summed E-state index contributed by atoms with van der Waals surface area (Å²) in [5, 5.41) is 13.2. The van der Waals surface area contributed by atoms with Gasteiger partial charge in [0.05, 0.1) is 5.60 Å². The van der Waals surface area contributed by atoms with Crippen LogP contribution in [0.15, 0.2) is 24.3 Å². The van der Waals surface area contributed by atoms with Crippen LogP contribution in [0.25, 0.3) is 0 Å². The van der Waals surface area contributed by atoms with E-state index in [9.17, 15) is 9.90 Å². The van der Waals surface area contributed by atoms with Crippen molar-refractivity contribution < 1.29 is 9.90 Å². The third kappa shape index (κ3) is 3.63. The molecule has 1 aromatic rings. The fourth-order valence-corrected chi connectivity index (χ4v) is 3.17. The highest BCUT2D eigenvalue weighted by Crippen LogP contribution is 2.44. The van der Waals surface area contributed by atoms with Crippen LogP contribution in [0.5, 0.6) is 0 Å². The molecule has 2 fully saturated rings. The Morgan fingerprint density at radius 3 is 2.86 bits per heavy atom. The van der Waals surface area contributed by atoms with E-state index >= 15 is 0 Å². The lowest BCUT2D eigenvalue weighted by molar-refractivity contribution is -0.119. The predicted molar refractivity (Wildman–Crippen MR) is 83.2 cm³/mol. The Labute approximate surface area is 126 Å². The molecule has 1 saturated heterocycles. The largest absolute Gasteiger partial charge is 0.387 e. The second-order valence-corrected chi connectivity index (χ2v) is 6.61. The maximum absolute atomic E-state index is 11.9. The van der Waals surface area contributed by atoms with Gasteiger partial charge in [-0.1, -0.05) is 12.1 Å². The Balaban J connectivity index is 1.33. The number of benzene rings is 1. The molecule has 4 nitrogen and oxygen atoms in total. The molecule has 2 N–H and O–H groups in total. The summed E-state index contributed by atoms with van der Waals surface area (Å²) in [6, 6.07) is 7.85. The lowest BCUT2D eigenvalue weighted by Gasteiger charge is -2.47. The van der Waals surface area contributed by atoms with Crippen molar-refractivity contribution in [3.63, 3.8) is 0 Å². The van der Waals surface area contributed by atoms with E-state index in [0.29, 0.717) is 12.3 Å². The molecule has 0 aromatic heterocycles. The summed E-state index contributed by atoms with van der Waals surface area (Å²) in [5.74, 6) is 0.608. The van der Waals surface area contributed by atoms with Crippen molar-refractivity contribution >= 4 is 11.6 Å². The molecule has 1 heterocycles. The van der Waals surface area contributed by atoms with Crippen molar-refractivity contribution in [3.8, 4) is 0 Å². The summed E-state index contributed by atoms with van der Waals surface area (Å²) >= 11 is 0. The van der Waals surface area contributed by atoms with Crippen molar-refractivity contribution in [2.45, 2.75) is 38.2 Å². The lowest BCUT2D eigenvalue weighted by Crippen LogP contribution is -2.63. The Bertz CT molecular complexity index is 519. The van der Waals surface area contributed by atoms with E-state index in [4.69, 9.17) is 0 Å². The molecule has 0 spiro atoms. The van der Waals surface area contributed by atoms with Crippen molar-refractivity contribution in [1.29, 1.82) is 0 Å². The highest BCUT2D eigenvalue weighted by Gasteiger charge is 2.51. The summed E-state index contributed by atoms with van der Waals surface area (Å²) in [6.45, 7) is 4.49. The van der Waals surface area contributed by atoms with E-state index in [2.05, 4.69) is 10.2 Å². The summed E-state index contributed by atoms with van der Waals surface area (Å²) < 4.78 is 0. The van der Waals surface area contributed by atoms with Gasteiger partial charge in [0, 0.05) is 25.2 Å². The highest BCUT2D eigenvalue weighted by atomic mass is 16.3. The highest BCUT2D eigenvalue weighted by molar-refractivity contribution is 5.90. The minimum absolute atomic E-state index is 0.0681. The minimum Gasteiger partial charge on any atom is -0.387 e. The normalized spacial score (nSPS) is 20.9. The van der Waals surface area contributed by atoms with E-state index in [0.717, 1.165) is 37.3 Å². The Hall–Kier alpha value is -1.39. The van der Waals surface area contributed by atoms with Crippen molar-refractivity contribution in [3.05, 3.63) is 29.8 Å². The first kappa shape index (κ1) is 14.5. The van der Waals surface area contributed by atoms with Gasteiger partial charge in [-0.3, -0.25) is 9.69 Å². The van der Waals surface area contributed by atoms with Gasteiger partial charge < -0.3 is 10.4 Å². The van der Waals surface area contributed by atoms with Crippen LogP contribution in [-0.2, 0) is 4.79 Å². The van der Waals surface area contributed by atoms with Gasteiger partial charge in [0.1, 0.15) is 0 Å². The van der Waals surface area contributed by atoms with Crippen LogP contribution in [0.2, 0.25) is 0 Å². The van der Waals surface area contributed by atoms with Gasteiger partial charge in [0.25, 0.3) is 0 Å². The van der Waals surface area contributed by atoms with Crippen LogP contribution in [-0.4, -0.2) is 41.1 Å². The van der Waals surface area contributed by atoms with E-state index in [1.54, 1.807) is 0 Å². The molecule has 1 saturated carbocycles. The van der Waals surface area contributed by atoms with Crippen LogP contribution in [0, 0.1) is 12.8 Å². The summed E-state index contributed by atoms with van der Waals surface area (Å²) in [5.41, 5.74) is 1.60. The Morgan fingerprint density at radius 2 is 2.19 bits per heavy atom. The Morgan fingerprint density at radius 1 is 1.43 bits per heavy atom. The second-order valence-electron chi connectivity index (χ2n) is 6.61. The fourth-order valence-electron chi connectivity index (χ4n) is 3.17. The van der Waals surface area contributed by atoms with Gasteiger partial charge in [-0.2, -0.15) is 0 Å². The first-order valence-electron chi connectivity index (χ1n) is 7.86. The number of hydrogen-bond donors (Lipinski definition) is 2. The van der Waals surface area contributed by atoms with Gasteiger partial charge >= 0.3 is 0 Å². The van der Waals surface area contributed by atoms with Crippen LogP contribution >= 0.6 is 0 Å². The monoisotopic (exact) mass is 288 g/mol. The predicted octanol–water partition coefficient (Wildman–Crippen LogP) is 2.17. The quantitative estimate of drug-likeness (QED) is 0.843. The maximum Gasteiger partial charge on any atom is 0.224 e. The number of nitrogens with one attached hydrogen (secondary N) is 1. The molecule has 0 bridgehead atoms. The smallest absolute Gasteiger partial charge is 0.224 e. The third-order valence-electron chi connectivity index (χ3n) is 4.51. The van der Waals surface area contributed by atoms with E-state index in [-0.39, 0.29) is 5.91 Å². The molecule has 21 heavy (non-hydrogen) atoms. The summed E-state index contributed by atoms with van der Waals surface area (Å²) in [4.78, 5) is 14.1. The van der Waals surface area contributed by atoms with E-state index in [1.165, 1.54) is 12.8 Å². The number of aryl methyl sites for hydroxylation is 1. The van der Waals surface area contributed by atoms with Gasteiger partial charge in [-0.25, -0.2) is 0 Å². The number of carbonyl (C=O) groups is 1. The number of carbonyl (C=O) groups excluding carboxylic acids is 1. The summed E-state index contributed by atoms with van der Waals surface area (Å²) in [6.07, 6.45) is 3.75. The number of aliphatic hydroxyl groups is 1. The van der Waals surface area contributed by atoms with Crippen molar-refractivity contribution in [1.82, 2.24) is 4.90 Å². The molecule has 1 amide bonds. The molecule has 3 rings (SSSR count). The summed E-state index contributed by atoms with van der Waals surface area (Å²) in [7, 11) is 0. The molecule has 4 heteroatoms. The minimum atomic E-state index is -0.413. The molecule has 114 valence electrons. The molecule has 0 radical (unpaired) electrons. The van der Waals surface area contributed by atoms with Crippen LogP contribution in [0.4, 0.5) is 5.69 Å². The van der Waals surface area contributed by atoms with Gasteiger partial charge in [0.15, 0.2) is 0 Å². The van der Waals surface area contributed by atoms with Crippen LogP contribution < -0.4 is 5.32 Å². The molecule has 0 unspecified atom stereocenters. The molecular weight excluding hydrogens is 264 g/mol. The zero-order valence-electron chi connectivity index (χ0n) is 12.6. The molecule has 2 aliphatic rings. The molecule has 1 aliphatic carbocycles. The first-order valence-corrected chi connectivity index (χ1v) is 7.86. The first-order chi connectivity index (χ1) is 10.0. The van der Waals surface area contributed by atoms with Crippen LogP contribution in [0.3, 0.4) is 0 Å². The number of likely N-dealkylation sites (tertiary alicyclic amines) is 1. The zero-order chi connectivity index (χ0) is 14.9. The van der Waals surface area contributed by atoms with Crippen LogP contribution in [0.1, 0.15) is 31.2 Å². The van der Waals surface area contributed by atoms with Gasteiger partial charge in [-0.15, -0.1) is 0 Å². The van der Waals surface area contributed by atoms with E-state index in [1.807, 2.05) is 31.2 Å². The third-order valence-corrected chi connectivity index (χ3v) is 4.51. The Kier molecular flexibility index (Phi) is 4.00. The fraction of sp³-hybridized carbons (Fsp3) is 0.588. The average molecular weight is 288 g/mol. The molecule has 1 aliphatic heterocycles. The van der Waals surface area contributed by atoms with Gasteiger partial charge in [-0.05, 0) is 56.3 Å². The zero-order valence-corrected chi connectivity index (χ0v) is 12.6. The maximum atomic E-state index is 11.9. The standard InChI is InChI=1S/C17H24N2O2/c1-13-4-2-5-15(10-13)18-16(20)6-3-9-19-11-17(21,12-19)14-7-8-14/h2,4-5,10,14,21H,3,6-9,11-12H2,1H3,(H,18,20). The van der Waals surface area contributed by atoms with E-state index < -0.39 is 5.60 Å². The topological polar surface area (TPSA) is 52.6 Å². The SMILES string of the molecule is Cc1cccc(NC(=O)CCCN2CC(O)(C3CC3)C2)c1. The van der Waals surface area contributed by atoms with Crippen molar-refractivity contribution in [2.24, 2.45) is 5.92 Å². The average Bonchev–Trinajstić information content (AvgIpc) is 3.20. The number of nitrogens with zero attached hydrogens (tertiary/aromatic N) is 1. The molecule has 1 aromatic carbocycles.